The van der Waals surface area contributed by atoms with Gasteiger partial charge in [-0.25, -0.2) is 19.7 Å². The Morgan fingerprint density at radius 1 is 0.776 bits per heavy atom. The number of alkyl halides is 6. The first-order valence-electron chi connectivity index (χ1n) is 13.8. The summed E-state index contributed by atoms with van der Waals surface area (Å²) in [5, 5.41) is 2.78. The van der Waals surface area contributed by atoms with Crippen molar-refractivity contribution in [3.8, 4) is 11.5 Å². The molecular weight excluding hydrogens is 682 g/mol. The Morgan fingerprint density at radius 3 is 1.69 bits per heavy atom. The van der Waals surface area contributed by atoms with Gasteiger partial charge in [-0.05, 0) is 35.9 Å². The number of aromatic nitrogens is 4. The summed E-state index contributed by atoms with van der Waals surface area (Å²) in [5.74, 6) is 0.661. The second kappa shape index (κ2) is 15.0. The van der Waals surface area contributed by atoms with E-state index in [0.29, 0.717) is 22.7 Å². The molecule has 12 nitrogen and oxygen atoms in total. The second-order valence-electron chi connectivity index (χ2n) is 10.2. The molecule has 19 heteroatoms. The number of nitrogens with zero attached hydrogens (tertiary/aromatic N) is 8. The third kappa shape index (κ3) is 9.20. The van der Waals surface area contributed by atoms with E-state index in [4.69, 9.17) is 40.0 Å². The summed E-state index contributed by atoms with van der Waals surface area (Å²) >= 11 is 5.52. The van der Waals surface area contributed by atoms with Crippen LogP contribution in [0.3, 0.4) is 0 Å². The average molecular weight is 707 g/mol. The number of benzene rings is 2. The van der Waals surface area contributed by atoms with Crippen LogP contribution in [-0.4, -0.2) is 71.7 Å². The minimum Gasteiger partial charge on any atom is -0.486 e. The number of hydrogen-bond acceptors (Lipinski definition) is 10. The molecule has 0 aliphatic carbocycles. The molecular formula is C30H25ClF6N10O2. The smallest absolute Gasteiger partial charge is 0.412 e. The number of ether oxygens (including phenoxy) is 2. The van der Waals surface area contributed by atoms with Crippen LogP contribution in [0.5, 0.6) is 11.5 Å². The van der Waals surface area contributed by atoms with E-state index in [1.165, 1.54) is 26.5 Å². The molecule has 2 unspecified atom stereocenters. The molecule has 2 atom stereocenters. The average Bonchev–Trinajstić information content (AvgIpc) is 3.06. The van der Waals surface area contributed by atoms with Gasteiger partial charge in [0.1, 0.15) is 13.2 Å². The molecule has 49 heavy (non-hydrogen) atoms. The van der Waals surface area contributed by atoms with Crippen molar-refractivity contribution < 1.29 is 35.8 Å². The molecule has 2 aromatic heterocycles. The lowest BCUT2D eigenvalue weighted by atomic mass is 10.2. The van der Waals surface area contributed by atoms with Gasteiger partial charge in [0.05, 0.1) is 25.5 Å². The van der Waals surface area contributed by atoms with Crippen LogP contribution in [-0.2, 0) is 0 Å². The third-order valence-corrected chi connectivity index (χ3v) is 7.05. The van der Waals surface area contributed by atoms with Gasteiger partial charge in [-0.15, -0.1) is 0 Å². The zero-order chi connectivity index (χ0) is 35.9. The minimum atomic E-state index is -4.42. The van der Waals surface area contributed by atoms with Crippen LogP contribution in [0.25, 0.3) is 9.69 Å². The monoisotopic (exact) mass is 706 g/mol. The van der Waals surface area contributed by atoms with Gasteiger partial charge in [-0.1, -0.05) is 24.3 Å². The Bertz CT molecular complexity index is 1830. The Morgan fingerprint density at radius 2 is 1.22 bits per heavy atom. The molecule has 4 heterocycles. The number of halogens is 7. The Balaban J connectivity index is 0.000000185. The first kappa shape index (κ1) is 36.1. The Kier molecular flexibility index (Phi) is 11.0. The summed E-state index contributed by atoms with van der Waals surface area (Å²) in [5.41, 5.74) is 7.80. The molecule has 6 rings (SSSR count). The van der Waals surface area contributed by atoms with Crippen LogP contribution < -0.4 is 30.3 Å². The summed E-state index contributed by atoms with van der Waals surface area (Å²) in [4.78, 5) is 24.0. The first-order chi connectivity index (χ1) is 23.1. The van der Waals surface area contributed by atoms with Crippen molar-refractivity contribution >= 4 is 51.9 Å². The van der Waals surface area contributed by atoms with Crippen molar-refractivity contribution in [1.29, 1.82) is 0 Å². The van der Waals surface area contributed by atoms with Gasteiger partial charge in [0.2, 0.25) is 11.2 Å². The number of fused-ring (bicyclic) bond motifs is 2. The molecule has 0 spiro atoms. The van der Waals surface area contributed by atoms with E-state index in [1.807, 2.05) is 0 Å². The lowest BCUT2D eigenvalue weighted by Gasteiger charge is -2.35. The van der Waals surface area contributed by atoms with Crippen molar-refractivity contribution in [1.82, 2.24) is 19.9 Å². The highest BCUT2D eigenvalue weighted by atomic mass is 35.5. The molecule has 0 amide bonds. The zero-order valence-electron chi connectivity index (χ0n) is 25.5. The van der Waals surface area contributed by atoms with Crippen LogP contribution in [0.2, 0.25) is 5.28 Å². The SMILES string of the molecule is CN1c2nc(Cl)ncc2OCC1C(F)(F)F.[C-]#[N+]c1ccc(N)cc1.[C-]#[N+]c1ccc(Nc2ncc3c(n2)N(C)C(C(F)(F)F)CO3)cc1. The van der Waals surface area contributed by atoms with Crippen LogP contribution in [0, 0.1) is 13.1 Å². The molecule has 0 saturated carbocycles. The van der Waals surface area contributed by atoms with Gasteiger partial charge in [-0.3, -0.25) is 0 Å². The van der Waals surface area contributed by atoms with Gasteiger partial charge >= 0.3 is 12.4 Å². The highest BCUT2D eigenvalue weighted by molar-refractivity contribution is 6.28. The fraction of sp³-hybridized carbons (Fsp3) is 0.267. The van der Waals surface area contributed by atoms with Crippen molar-refractivity contribution in [2.45, 2.75) is 24.4 Å². The van der Waals surface area contributed by atoms with E-state index in [2.05, 4.69) is 34.9 Å². The highest BCUT2D eigenvalue weighted by Gasteiger charge is 2.47. The summed E-state index contributed by atoms with van der Waals surface area (Å²) in [7, 11) is 2.61. The molecule has 2 aromatic carbocycles. The normalized spacial score (nSPS) is 16.4. The van der Waals surface area contributed by atoms with Crippen LogP contribution >= 0.6 is 11.6 Å². The van der Waals surface area contributed by atoms with Crippen molar-refractivity contribution in [2.24, 2.45) is 0 Å². The molecule has 3 N–H and O–H groups in total. The van der Waals surface area contributed by atoms with Crippen molar-refractivity contribution in [2.75, 3.05) is 48.2 Å². The van der Waals surface area contributed by atoms with Crippen LogP contribution in [0.15, 0.2) is 60.9 Å². The molecule has 0 radical (unpaired) electrons. The second-order valence-corrected chi connectivity index (χ2v) is 10.5. The van der Waals surface area contributed by atoms with Crippen LogP contribution in [0.1, 0.15) is 0 Å². The van der Waals surface area contributed by atoms with E-state index < -0.39 is 37.7 Å². The molecule has 4 aromatic rings. The summed E-state index contributed by atoms with van der Waals surface area (Å²) in [6.45, 7) is 12.5. The van der Waals surface area contributed by atoms with E-state index >= 15 is 0 Å². The molecule has 0 saturated heterocycles. The van der Waals surface area contributed by atoms with Crippen molar-refractivity contribution in [3.63, 3.8) is 0 Å². The topological polar surface area (TPSA) is 123 Å². The summed E-state index contributed by atoms with van der Waals surface area (Å²) in [6, 6.07) is 9.90. The quantitative estimate of drug-likeness (QED) is 0.0955. The number of hydrogen-bond donors (Lipinski definition) is 2. The predicted octanol–water partition coefficient (Wildman–Crippen LogP) is 7.24. The van der Waals surface area contributed by atoms with Crippen molar-refractivity contribution in [3.05, 3.63) is 89.0 Å². The molecule has 2 aliphatic rings. The maximum Gasteiger partial charge on any atom is 0.412 e. The van der Waals surface area contributed by atoms with Gasteiger partial charge in [0.15, 0.2) is 46.6 Å². The van der Waals surface area contributed by atoms with Gasteiger partial charge in [0.25, 0.3) is 0 Å². The number of nitrogens with two attached hydrogens (primary N) is 1. The Labute approximate surface area is 280 Å². The largest absolute Gasteiger partial charge is 0.486 e. The van der Waals surface area contributed by atoms with E-state index in [1.54, 1.807) is 48.5 Å². The number of nitrogens with one attached hydrogen (secondary N) is 1. The number of nitrogen functional groups attached to an aromatic ring is 1. The maximum atomic E-state index is 13.0. The van der Waals surface area contributed by atoms with Gasteiger partial charge in [-0.2, -0.15) is 36.3 Å². The zero-order valence-corrected chi connectivity index (χ0v) is 26.2. The lowest BCUT2D eigenvalue weighted by Crippen LogP contribution is -2.50. The Hall–Kier alpha value is -5.75. The first-order valence-corrected chi connectivity index (χ1v) is 14.2. The molecule has 2 aliphatic heterocycles. The van der Waals surface area contributed by atoms with E-state index in [9.17, 15) is 26.3 Å². The molecule has 0 bridgehead atoms. The number of anilines is 5. The standard InChI is InChI=1S/C15H12F3N5O.C8H7ClF3N3O.C7H6N2/c1-19-9-3-5-10(6-4-9)21-14-20-7-11-13(22-14)23(2)12(8-24-11)15(16,17)18;1-15-5(8(10,11)12)3-16-4-2-13-7(9)14-6(4)15;1-9-7-4-2-6(8)3-5-7/h3-7,12H,8H2,2H3,(H,20,21,22);2,5H,3H2,1H3;2-5H,8H2. The number of rotatable bonds is 2. The fourth-order valence-electron chi connectivity index (χ4n) is 4.25. The van der Waals surface area contributed by atoms with E-state index in [0.717, 1.165) is 9.80 Å². The number of likely N-dealkylation sites (N-methyl/N-ethyl adjacent to an activating group) is 2. The van der Waals surface area contributed by atoms with Gasteiger partial charge < -0.3 is 30.3 Å². The van der Waals surface area contributed by atoms with E-state index in [-0.39, 0.29) is 34.4 Å². The summed E-state index contributed by atoms with van der Waals surface area (Å²) < 4.78 is 86.8. The summed E-state index contributed by atoms with van der Waals surface area (Å²) in [6.07, 6.45) is -6.19. The minimum absolute atomic E-state index is 0.0496. The molecule has 256 valence electrons. The predicted molar refractivity (Wildman–Crippen MR) is 170 cm³/mol. The highest BCUT2D eigenvalue weighted by Crippen LogP contribution is 2.38. The van der Waals surface area contributed by atoms with Crippen LogP contribution in [0.4, 0.5) is 66.7 Å². The molecule has 0 fully saturated rings. The fourth-order valence-corrected chi connectivity index (χ4v) is 4.38. The van der Waals surface area contributed by atoms with Gasteiger partial charge in [0, 0.05) is 25.5 Å². The lowest BCUT2D eigenvalue weighted by molar-refractivity contribution is -0.156. The third-order valence-electron chi connectivity index (χ3n) is 6.87. The maximum absolute atomic E-state index is 13.0.